The van der Waals surface area contributed by atoms with Gasteiger partial charge < -0.3 is 10.2 Å². The van der Waals surface area contributed by atoms with Crippen LogP contribution in [0, 0.1) is 5.41 Å². The summed E-state index contributed by atoms with van der Waals surface area (Å²) in [7, 11) is 0. The van der Waals surface area contributed by atoms with Gasteiger partial charge in [-0.25, -0.2) is 0 Å². The van der Waals surface area contributed by atoms with Crippen LogP contribution >= 0.6 is 0 Å². The molecule has 0 aliphatic carbocycles. The molecular weight excluding hydrogens is 412 g/mol. The van der Waals surface area contributed by atoms with Gasteiger partial charge in [0.1, 0.15) is 0 Å². The predicted octanol–water partition coefficient (Wildman–Crippen LogP) is 3.91. The fraction of sp³-hybridized carbons (Fsp3) is 0.259. The Labute approximate surface area is 194 Å². The van der Waals surface area contributed by atoms with E-state index in [1.165, 1.54) is 0 Å². The zero-order valence-corrected chi connectivity index (χ0v) is 18.6. The molecule has 2 aromatic heterocycles. The number of benzene rings is 1. The highest BCUT2D eigenvalue weighted by atomic mass is 16.2. The smallest absolute Gasteiger partial charge is 0.255 e. The van der Waals surface area contributed by atoms with E-state index in [4.69, 9.17) is 0 Å². The number of pyridine rings is 2. The third kappa shape index (κ3) is 5.00. The van der Waals surface area contributed by atoms with E-state index >= 15 is 0 Å². The highest BCUT2D eigenvalue weighted by molar-refractivity contribution is 5.94. The maximum Gasteiger partial charge on any atom is 0.255 e. The van der Waals surface area contributed by atoms with Gasteiger partial charge in [-0.1, -0.05) is 36.4 Å². The van der Waals surface area contributed by atoms with E-state index in [2.05, 4.69) is 34.0 Å². The molecule has 33 heavy (non-hydrogen) atoms. The summed E-state index contributed by atoms with van der Waals surface area (Å²) >= 11 is 0. The van der Waals surface area contributed by atoms with Crippen molar-refractivity contribution in [1.29, 1.82) is 0 Å². The molecule has 0 saturated carbocycles. The maximum atomic E-state index is 13.5. The van der Waals surface area contributed by atoms with Crippen molar-refractivity contribution >= 4 is 11.8 Å². The number of nitrogens with zero attached hydrogens (tertiary/aromatic N) is 3. The average molecular weight is 441 g/mol. The molecule has 2 amide bonds. The van der Waals surface area contributed by atoms with Crippen LogP contribution in [0.15, 0.2) is 86.0 Å². The molecular formula is C27H28N4O2. The average Bonchev–Trinajstić information content (AvgIpc) is 2.88. The Kier molecular flexibility index (Phi) is 6.93. The lowest BCUT2D eigenvalue weighted by atomic mass is 9.73. The van der Waals surface area contributed by atoms with Gasteiger partial charge in [0.2, 0.25) is 5.91 Å². The summed E-state index contributed by atoms with van der Waals surface area (Å²) in [4.78, 5) is 36.8. The van der Waals surface area contributed by atoms with Gasteiger partial charge in [0.05, 0.1) is 11.0 Å². The summed E-state index contributed by atoms with van der Waals surface area (Å²) in [6, 6.07) is 15.6. The zero-order chi connectivity index (χ0) is 23.1. The molecule has 1 N–H and O–H groups in total. The first-order valence-corrected chi connectivity index (χ1v) is 11.2. The van der Waals surface area contributed by atoms with Crippen molar-refractivity contribution in [1.82, 2.24) is 20.2 Å². The van der Waals surface area contributed by atoms with Crippen molar-refractivity contribution in [2.24, 2.45) is 5.41 Å². The van der Waals surface area contributed by atoms with Crippen molar-refractivity contribution < 1.29 is 9.59 Å². The molecule has 1 unspecified atom stereocenters. The molecule has 0 spiro atoms. The van der Waals surface area contributed by atoms with E-state index in [1.54, 1.807) is 41.7 Å². The summed E-state index contributed by atoms with van der Waals surface area (Å²) in [6.45, 7) is 5.09. The zero-order valence-electron chi connectivity index (χ0n) is 18.6. The van der Waals surface area contributed by atoms with E-state index in [9.17, 15) is 9.59 Å². The monoisotopic (exact) mass is 440 g/mol. The molecule has 1 atom stereocenters. The number of aromatic nitrogens is 2. The molecule has 0 bridgehead atoms. The van der Waals surface area contributed by atoms with Crippen molar-refractivity contribution in [2.75, 3.05) is 19.6 Å². The third-order valence-electron chi connectivity index (χ3n) is 6.18. The number of likely N-dealkylation sites (tertiary alicyclic amines) is 1. The Hall–Kier alpha value is -3.80. The Balaban J connectivity index is 1.68. The highest BCUT2D eigenvalue weighted by Crippen LogP contribution is 2.37. The van der Waals surface area contributed by atoms with Crippen molar-refractivity contribution in [3.63, 3.8) is 0 Å². The molecule has 6 heteroatoms. The van der Waals surface area contributed by atoms with Gasteiger partial charge >= 0.3 is 0 Å². The Morgan fingerprint density at radius 3 is 2.58 bits per heavy atom. The fourth-order valence-electron chi connectivity index (χ4n) is 4.58. The summed E-state index contributed by atoms with van der Waals surface area (Å²) in [6.07, 6.45) is 10.5. The van der Waals surface area contributed by atoms with Crippen LogP contribution in [-0.4, -0.2) is 46.3 Å². The highest BCUT2D eigenvalue weighted by Gasteiger charge is 2.43. The Morgan fingerprint density at radius 1 is 1.06 bits per heavy atom. The minimum atomic E-state index is -0.739. The van der Waals surface area contributed by atoms with Gasteiger partial charge in [-0.3, -0.25) is 19.6 Å². The SMILES string of the molecule is C=CCNC(=O)C1(Cc2ccccc2-c2cccnc2)CCCN(C(=O)c2cccnc2)C1. The predicted molar refractivity (Wildman–Crippen MR) is 128 cm³/mol. The van der Waals surface area contributed by atoms with E-state index < -0.39 is 5.41 Å². The number of piperidine rings is 1. The number of hydrogen-bond donors (Lipinski definition) is 1. The first-order chi connectivity index (χ1) is 16.1. The summed E-state index contributed by atoms with van der Waals surface area (Å²) in [5, 5.41) is 3.00. The molecule has 6 nitrogen and oxygen atoms in total. The van der Waals surface area contributed by atoms with E-state index in [-0.39, 0.29) is 11.8 Å². The molecule has 1 aliphatic rings. The molecule has 1 aliphatic heterocycles. The summed E-state index contributed by atoms with van der Waals surface area (Å²) in [5.74, 6) is -0.142. The van der Waals surface area contributed by atoms with Crippen LogP contribution in [0.2, 0.25) is 0 Å². The molecule has 3 heterocycles. The van der Waals surface area contributed by atoms with Gasteiger partial charge in [-0.05, 0) is 48.6 Å². The molecule has 1 saturated heterocycles. The number of amides is 2. The maximum absolute atomic E-state index is 13.5. The van der Waals surface area contributed by atoms with Gasteiger partial charge in [0, 0.05) is 50.0 Å². The summed E-state index contributed by atoms with van der Waals surface area (Å²) < 4.78 is 0. The summed E-state index contributed by atoms with van der Waals surface area (Å²) in [5.41, 5.74) is 2.92. The van der Waals surface area contributed by atoms with Crippen LogP contribution < -0.4 is 5.32 Å². The Morgan fingerprint density at radius 2 is 1.85 bits per heavy atom. The topological polar surface area (TPSA) is 75.2 Å². The van der Waals surface area contributed by atoms with Crippen molar-refractivity contribution in [2.45, 2.75) is 19.3 Å². The van der Waals surface area contributed by atoms with Crippen LogP contribution in [0.4, 0.5) is 0 Å². The minimum Gasteiger partial charge on any atom is -0.352 e. The lowest BCUT2D eigenvalue weighted by Gasteiger charge is -2.42. The fourth-order valence-corrected chi connectivity index (χ4v) is 4.58. The molecule has 1 fully saturated rings. The van der Waals surface area contributed by atoms with Gasteiger partial charge in [0.25, 0.3) is 5.91 Å². The van der Waals surface area contributed by atoms with Crippen molar-refractivity contribution in [3.05, 3.63) is 97.1 Å². The van der Waals surface area contributed by atoms with Crippen LogP contribution in [-0.2, 0) is 11.2 Å². The quantitative estimate of drug-likeness (QED) is 0.565. The van der Waals surface area contributed by atoms with Crippen LogP contribution in [0.1, 0.15) is 28.8 Å². The van der Waals surface area contributed by atoms with Crippen molar-refractivity contribution in [3.8, 4) is 11.1 Å². The van der Waals surface area contributed by atoms with Crippen LogP contribution in [0.3, 0.4) is 0 Å². The molecule has 168 valence electrons. The normalized spacial score (nSPS) is 17.9. The lowest BCUT2D eigenvalue weighted by molar-refractivity contribution is -0.133. The van der Waals surface area contributed by atoms with Gasteiger partial charge in [0.15, 0.2) is 0 Å². The molecule has 0 radical (unpaired) electrons. The first-order valence-electron chi connectivity index (χ1n) is 11.2. The Bertz CT molecular complexity index is 1120. The number of carbonyl (C=O) groups is 2. The number of carbonyl (C=O) groups excluding carboxylic acids is 2. The lowest BCUT2D eigenvalue weighted by Crippen LogP contribution is -2.54. The van der Waals surface area contributed by atoms with E-state index in [0.29, 0.717) is 38.0 Å². The minimum absolute atomic E-state index is 0.0490. The molecule has 3 aromatic rings. The number of nitrogens with one attached hydrogen (secondary N) is 1. The van der Waals surface area contributed by atoms with E-state index in [1.807, 2.05) is 30.5 Å². The third-order valence-corrected chi connectivity index (χ3v) is 6.18. The standard InChI is InChI=1S/C27H28N4O2/c1-2-13-30-26(33)27(12-7-16-31(20-27)25(32)23-10-6-15-29-19-23)17-21-8-3-4-11-24(21)22-9-5-14-28-18-22/h2-6,8-11,14-15,18-19H,1,7,12-13,16-17,20H2,(H,30,33). The van der Waals surface area contributed by atoms with Crippen LogP contribution in [0.5, 0.6) is 0 Å². The first kappa shape index (κ1) is 22.4. The largest absolute Gasteiger partial charge is 0.352 e. The molecule has 4 rings (SSSR count). The van der Waals surface area contributed by atoms with Gasteiger partial charge in [-0.2, -0.15) is 0 Å². The van der Waals surface area contributed by atoms with E-state index in [0.717, 1.165) is 23.1 Å². The molecule has 1 aromatic carbocycles. The second kappa shape index (κ2) is 10.2. The number of rotatable bonds is 7. The second-order valence-corrected chi connectivity index (χ2v) is 8.43. The second-order valence-electron chi connectivity index (χ2n) is 8.43. The number of hydrogen-bond acceptors (Lipinski definition) is 4. The van der Waals surface area contributed by atoms with Crippen LogP contribution in [0.25, 0.3) is 11.1 Å². The van der Waals surface area contributed by atoms with Gasteiger partial charge in [-0.15, -0.1) is 6.58 Å².